The number of hydrogen-bond acceptors (Lipinski definition) is 8. The van der Waals surface area contributed by atoms with Crippen molar-refractivity contribution in [2.24, 2.45) is 22.7 Å². The van der Waals surface area contributed by atoms with E-state index in [1.165, 1.54) is 6.92 Å². The standard InChI is InChI=1S/C35H52N4O9/c1-20(2)29(38-26(40)18-39-27(41)17-25(32(39)46)34(4,5)6)31(45)36-21(3)30(44)37-24-15-14-23(19-48-33(47)35(7,8)9)22(16-24)12-10-11-13-28(42)43/h14-16,20-21,25,29H,10-13,17-19H2,1-9H3,(H,36,45)(H,37,44)(H,38,40)(H,42,43)/t21-,25?,29-/m0/s1. The molecule has 3 atom stereocenters. The molecule has 0 saturated carbocycles. The second-order valence-electron chi connectivity index (χ2n) is 14.9. The highest BCUT2D eigenvalue weighted by molar-refractivity contribution is 6.06. The van der Waals surface area contributed by atoms with Crippen LogP contribution >= 0.6 is 0 Å². The molecule has 0 spiro atoms. The quantitative estimate of drug-likeness (QED) is 0.123. The zero-order chi connectivity index (χ0) is 36.6. The molecule has 0 bridgehead atoms. The van der Waals surface area contributed by atoms with Crippen LogP contribution in [0.25, 0.3) is 0 Å². The number of imide groups is 1. The van der Waals surface area contributed by atoms with Crippen LogP contribution < -0.4 is 16.0 Å². The molecule has 2 rings (SSSR count). The fourth-order valence-corrected chi connectivity index (χ4v) is 5.07. The summed E-state index contributed by atoms with van der Waals surface area (Å²) in [6, 6.07) is 3.07. The molecule has 1 aliphatic rings. The van der Waals surface area contributed by atoms with Crippen LogP contribution in [-0.4, -0.2) is 70.1 Å². The molecular weight excluding hydrogens is 620 g/mol. The molecule has 1 saturated heterocycles. The molecule has 0 aliphatic carbocycles. The highest BCUT2D eigenvalue weighted by Crippen LogP contribution is 2.35. The van der Waals surface area contributed by atoms with Gasteiger partial charge in [-0.15, -0.1) is 0 Å². The van der Waals surface area contributed by atoms with E-state index in [1.54, 1.807) is 52.8 Å². The SMILES string of the molecule is CC(C)[C@H](NC(=O)CN1C(=O)CC(C(C)(C)C)C1=O)C(=O)N[C@@H](C)C(=O)Nc1ccc(COC(=O)C(C)(C)C)c(CCCCC(=O)O)c1. The molecule has 5 amide bonds. The first-order chi connectivity index (χ1) is 22.1. The van der Waals surface area contributed by atoms with Crippen LogP contribution in [0.5, 0.6) is 0 Å². The van der Waals surface area contributed by atoms with Crippen LogP contribution in [0, 0.1) is 22.7 Å². The maximum absolute atomic E-state index is 13.2. The lowest BCUT2D eigenvalue weighted by molar-refractivity contribution is -0.154. The van der Waals surface area contributed by atoms with Crippen molar-refractivity contribution in [3.63, 3.8) is 0 Å². The second-order valence-corrected chi connectivity index (χ2v) is 14.9. The Morgan fingerprint density at radius 1 is 0.938 bits per heavy atom. The summed E-state index contributed by atoms with van der Waals surface area (Å²) in [6.07, 6.45) is 1.55. The summed E-state index contributed by atoms with van der Waals surface area (Å²) in [6.45, 7) is 15.3. The number of nitrogens with one attached hydrogen (secondary N) is 3. The number of aryl methyl sites for hydroxylation is 1. The maximum atomic E-state index is 13.2. The van der Waals surface area contributed by atoms with Gasteiger partial charge in [0.2, 0.25) is 29.5 Å². The molecular formula is C35H52N4O9. The van der Waals surface area contributed by atoms with E-state index in [2.05, 4.69) is 16.0 Å². The Kier molecular flexibility index (Phi) is 13.9. The third-order valence-electron chi connectivity index (χ3n) is 8.14. The van der Waals surface area contributed by atoms with Gasteiger partial charge >= 0.3 is 11.9 Å². The number of likely N-dealkylation sites (tertiary alicyclic amines) is 1. The van der Waals surface area contributed by atoms with Crippen molar-refractivity contribution in [2.45, 2.75) is 113 Å². The van der Waals surface area contributed by atoms with E-state index in [-0.39, 0.29) is 31.3 Å². The summed E-state index contributed by atoms with van der Waals surface area (Å²) < 4.78 is 5.48. The molecule has 13 heteroatoms. The minimum Gasteiger partial charge on any atom is -0.481 e. The van der Waals surface area contributed by atoms with Crippen LogP contribution in [0.15, 0.2) is 18.2 Å². The summed E-state index contributed by atoms with van der Waals surface area (Å²) in [5.41, 5.74) is 0.811. The van der Waals surface area contributed by atoms with Gasteiger partial charge in [-0.3, -0.25) is 38.5 Å². The van der Waals surface area contributed by atoms with Crippen LogP contribution in [0.3, 0.4) is 0 Å². The minimum atomic E-state index is -1.04. The average Bonchev–Trinajstić information content (AvgIpc) is 3.25. The summed E-state index contributed by atoms with van der Waals surface area (Å²) in [5, 5.41) is 17.0. The normalized spacial score (nSPS) is 16.4. The number of esters is 1. The van der Waals surface area contributed by atoms with Crippen molar-refractivity contribution < 1.29 is 43.4 Å². The van der Waals surface area contributed by atoms with Crippen molar-refractivity contribution >= 4 is 47.2 Å². The summed E-state index contributed by atoms with van der Waals surface area (Å²) in [7, 11) is 0. The summed E-state index contributed by atoms with van der Waals surface area (Å²) in [5.74, 6) is -4.82. The summed E-state index contributed by atoms with van der Waals surface area (Å²) in [4.78, 5) is 88.7. The third-order valence-corrected chi connectivity index (χ3v) is 8.14. The Hall–Kier alpha value is -4.29. The van der Waals surface area contributed by atoms with Gasteiger partial charge in [0.25, 0.3) is 0 Å². The van der Waals surface area contributed by atoms with Gasteiger partial charge in [0, 0.05) is 18.5 Å². The highest BCUT2D eigenvalue weighted by atomic mass is 16.5. The first-order valence-corrected chi connectivity index (χ1v) is 16.4. The number of carboxylic acids is 1. The van der Waals surface area contributed by atoms with E-state index in [0.717, 1.165) is 16.0 Å². The number of rotatable bonds is 15. The lowest BCUT2D eigenvalue weighted by Crippen LogP contribution is -2.55. The number of carbonyl (C=O) groups is 7. The molecule has 1 unspecified atom stereocenters. The van der Waals surface area contributed by atoms with Crippen molar-refractivity contribution in [2.75, 3.05) is 11.9 Å². The molecule has 1 fully saturated rings. The fraction of sp³-hybridized carbons (Fsp3) is 0.629. The van der Waals surface area contributed by atoms with E-state index in [9.17, 15) is 33.6 Å². The highest BCUT2D eigenvalue weighted by Gasteiger charge is 2.45. The lowest BCUT2D eigenvalue weighted by Gasteiger charge is -2.26. The number of carbonyl (C=O) groups excluding carboxylic acids is 6. The Labute approximate surface area is 282 Å². The number of hydrogen-bond donors (Lipinski definition) is 4. The molecule has 0 aromatic heterocycles. The van der Waals surface area contributed by atoms with Crippen molar-refractivity contribution in [1.82, 2.24) is 15.5 Å². The maximum Gasteiger partial charge on any atom is 0.311 e. The van der Waals surface area contributed by atoms with E-state index in [4.69, 9.17) is 9.84 Å². The Balaban J connectivity index is 2.07. The second kappa shape index (κ2) is 16.7. The van der Waals surface area contributed by atoms with E-state index in [0.29, 0.717) is 24.9 Å². The monoisotopic (exact) mass is 672 g/mol. The summed E-state index contributed by atoms with van der Waals surface area (Å²) >= 11 is 0. The lowest BCUT2D eigenvalue weighted by atomic mass is 9.80. The Morgan fingerprint density at radius 2 is 1.58 bits per heavy atom. The first kappa shape index (κ1) is 39.9. The predicted octanol–water partition coefficient (Wildman–Crippen LogP) is 3.58. The zero-order valence-electron chi connectivity index (χ0n) is 29.7. The Bertz CT molecular complexity index is 1390. The van der Waals surface area contributed by atoms with Gasteiger partial charge < -0.3 is 25.8 Å². The average molecular weight is 673 g/mol. The number of ether oxygens (including phenoxy) is 1. The van der Waals surface area contributed by atoms with Crippen LogP contribution in [0.4, 0.5) is 5.69 Å². The molecule has 13 nitrogen and oxygen atoms in total. The zero-order valence-corrected chi connectivity index (χ0v) is 29.7. The first-order valence-electron chi connectivity index (χ1n) is 16.4. The molecule has 48 heavy (non-hydrogen) atoms. The van der Waals surface area contributed by atoms with Gasteiger partial charge in [-0.1, -0.05) is 40.7 Å². The molecule has 1 aliphatic heterocycles. The van der Waals surface area contributed by atoms with Crippen molar-refractivity contribution in [1.29, 1.82) is 0 Å². The molecule has 1 aromatic carbocycles. The van der Waals surface area contributed by atoms with Gasteiger partial charge in [0.1, 0.15) is 25.2 Å². The number of amides is 5. The molecule has 1 aromatic rings. The number of carboxylic acid groups (broad SMARTS) is 1. The number of benzene rings is 1. The number of unbranched alkanes of at least 4 members (excludes halogenated alkanes) is 1. The van der Waals surface area contributed by atoms with Crippen LogP contribution in [0.1, 0.15) is 99.1 Å². The van der Waals surface area contributed by atoms with E-state index in [1.807, 2.05) is 20.8 Å². The minimum absolute atomic E-state index is 0.0185. The molecule has 0 radical (unpaired) electrons. The Morgan fingerprint density at radius 3 is 2.12 bits per heavy atom. The molecule has 4 N–H and O–H groups in total. The fourth-order valence-electron chi connectivity index (χ4n) is 5.07. The van der Waals surface area contributed by atoms with Gasteiger partial charge in [-0.05, 0) is 81.5 Å². The number of nitrogens with zero attached hydrogens (tertiary/aromatic N) is 1. The van der Waals surface area contributed by atoms with E-state index < -0.39 is 70.9 Å². The van der Waals surface area contributed by atoms with Crippen molar-refractivity contribution in [3.8, 4) is 0 Å². The van der Waals surface area contributed by atoms with Crippen LogP contribution in [0.2, 0.25) is 0 Å². The van der Waals surface area contributed by atoms with Crippen LogP contribution in [-0.2, 0) is 51.3 Å². The van der Waals surface area contributed by atoms with E-state index >= 15 is 0 Å². The third kappa shape index (κ3) is 11.7. The van der Waals surface area contributed by atoms with Gasteiger partial charge in [-0.2, -0.15) is 0 Å². The van der Waals surface area contributed by atoms with Crippen molar-refractivity contribution in [3.05, 3.63) is 29.3 Å². The topological polar surface area (TPSA) is 188 Å². The number of anilines is 1. The molecule has 266 valence electrons. The van der Waals surface area contributed by atoms with Gasteiger partial charge in [0.15, 0.2) is 0 Å². The smallest absolute Gasteiger partial charge is 0.311 e. The molecule has 1 heterocycles. The van der Waals surface area contributed by atoms with Gasteiger partial charge in [0.05, 0.1) is 11.3 Å². The number of aliphatic carboxylic acids is 1. The van der Waals surface area contributed by atoms with Gasteiger partial charge in [-0.25, -0.2) is 0 Å². The largest absolute Gasteiger partial charge is 0.481 e. The predicted molar refractivity (Wildman–Crippen MR) is 178 cm³/mol.